The second-order valence-electron chi connectivity index (χ2n) is 7.73. The lowest BCUT2D eigenvalue weighted by Crippen LogP contribution is -2.29. The van der Waals surface area contributed by atoms with Crippen molar-refractivity contribution in [1.29, 1.82) is 0 Å². The van der Waals surface area contributed by atoms with Crippen LogP contribution in [0, 0.1) is 0 Å². The van der Waals surface area contributed by atoms with Gasteiger partial charge in [0.25, 0.3) is 10.0 Å². The fourth-order valence-electron chi connectivity index (χ4n) is 4.01. The number of hydrogen-bond donors (Lipinski definition) is 1. The van der Waals surface area contributed by atoms with Crippen LogP contribution in [0.25, 0.3) is 6.08 Å². The second-order valence-corrected chi connectivity index (χ2v) is 9.56. The van der Waals surface area contributed by atoms with E-state index in [9.17, 15) is 13.2 Å². The highest BCUT2D eigenvalue weighted by Gasteiger charge is 2.34. The molecule has 182 valence electrons. The number of ether oxygens (including phenoxy) is 3. The molecule has 3 aromatic carbocycles. The molecule has 0 unspecified atom stereocenters. The number of carbonyl (C=O) groups is 1. The van der Waals surface area contributed by atoms with E-state index in [1.54, 1.807) is 36.4 Å². The first-order valence-electron chi connectivity index (χ1n) is 10.9. The molecule has 0 bridgehead atoms. The number of anilines is 2. The van der Waals surface area contributed by atoms with Gasteiger partial charge in [-0.15, -0.1) is 0 Å². The Kier molecular flexibility index (Phi) is 6.97. The highest BCUT2D eigenvalue weighted by Crippen LogP contribution is 2.40. The van der Waals surface area contributed by atoms with Gasteiger partial charge in [0.1, 0.15) is 10.6 Å². The predicted octanol–water partition coefficient (Wildman–Crippen LogP) is 4.12. The molecule has 1 amide bonds. The van der Waals surface area contributed by atoms with Gasteiger partial charge in [-0.25, -0.2) is 8.42 Å². The summed E-state index contributed by atoms with van der Waals surface area (Å²) in [5.41, 5.74) is 2.59. The summed E-state index contributed by atoms with van der Waals surface area (Å²) in [6.07, 6.45) is 3.45. The standard InChI is InChI=1S/C26H26N2O6S/c1-32-22-11-7-5-9-20(22)27-25(29)13-12-18-16-23(33-2)26(34-3)24(17-18)35(30,31)28-15-14-19-8-4-6-10-21(19)28/h4-13,16-17H,14-15H2,1-3H3,(H,27,29). The van der Waals surface area contributed by atoms with Crippen molar-refractivity contribution in [2.75, 3.05) is 37.5 Å². The summed E-state index contributed by atoms with van der Waals surface area (Å²) in [5, 5.41) is 2.75. The van der Waals surface area contributed by atoms with Crippen LogP contribution in [0.1, 0.15) is 11.1 Å². The van der Waals surface area contributed by atoms with Crippen LogP contribution in [0.5, 0.6) is 17.2 Å². The average Bonchev–Trinajstić information content (AvgIpc) is 3.32. The molecule has 35 heavy (non-hydrogen) atoms. The predicted molar refractivity (Wildman–Crippen MR) is 135 cm³/mol. The van der Waals surface area contributed by atoms with Crippen molar-refractivity contribution in [1.82, 2.24) is 0 Å². The molecule has 0 radical (unpaired) electrons. The van der Waals surface area contributed by atoms with E-state index in [-0.39, 0.29) is 16.4 Å². The van der Waals surface area contributed by atoms with Crippen molar-refractivity contribution in [2.24, 2.45) is 0 Å². The molecule has 0 saturated heterocycles. The number of sulfonamides is 1. The van der Waals surface area contributed by atoms with Gasteiger partial charge < -0.3 is 19.5 Å². The van der Waals surface area contributed by atoms with E-state index in [1.165, 1.54) is 43.9 Å². The molecular formula is C26H26N2O6S. The Bertz CT molecular complexity index is 1380. The number of rotatable bonds is 8. The highest BCUT2D eigenvalue weighted by molar-refractivity contribution is 7.93. The van der Waals surface area contributed by atoms with E-state index in [0.717, 1.165) is 5.56 Å². The number of methoxy groups -OCH3 is 3. The third-order valence-corrected chi connectivity index (χ3v) is 7.49. The first-order chi connectivity index (χ1) is 16.9. The van der Waals surface area contributed by atoms with Crippen molar-refractivity contribution in [2.45, 2.75) is 11.3 Å². The number of nitrogens with one attached hydrogen (secondary N) is 1. The Morgan fingerprint density at radius 3 is 2.40 bits per heavy atom. The smallest absolute Gasteiger partial charge is 0.268 e. The summed E-state index contributed by atoms with van der Waals surface area (Å²) < 4.78 is 44.9. The van der Waals surface area contributed by atoms with E-state index in [4.69, 9.17) is 14.2 Å². The SMILES string of the molecule is COc1ccccc1NC(=O)C=Cc1cc(OC)c(OC)c(S(=O)(=O)N2CCc3ccccc32)c1. The van der Waals surface area contributed by atoms with Gasteiger partial charge in [0.15, 0.2) is 11.5 Å². The van der Waals surface area contributed by atoms with Crippen LogP contribution in [0.2, 0.25) is 0 Å². The maximum Gasteiger partial charge on any atom is 0.268 e. The Morgan fingerprint density at radius 2 is 1.66 bits per heavy atom. The summed E-state index contributed by atoms with van der Waals surface area (Å²) in [7, 11) is 0.376. The molecule has 0 aliphatic carbocycles. The summed E-state index contributed by atoms with van der Waals surface area (Å²) >= 11 is 0. The maximum atomic E-state index is 13.7. The van der Waals surface area contributed by atoms with Crippen molar-refractivity contribution in [3.8, 4) is 17.2 Å². The molecule has 1 aliphatic heterocycles. The molecular weight excluding hydrogens is 468 g/mol. The normalized spacial score (nSPS) is 12.9. The van der Waals surface area contributed by atoms with Crippen LogP contribution in [-0.2, 0) is 21.2 Å². The number of fused-ring (bicyclic) bond motifs is 1. The minimum absolute atomic E-state index is 0.0409. The number of para-hydroxylation sites is 3. The van der Waals surface area contributed by atoms with Gasteiger partial charge in [-0.3, -0.25) is 9.10 Å². The number of nitrogens with zero attached hydrogens (tertiary/aromatic N) is 1. The van der Waals surface area contributed by atoms with Crippen molar-refractivity contribution < 1.29 is 27.4 Å². The Morgan fingerprint density at radius 1 is 0.943 bits per heavy atom. The van der Waals surface area contributed by atoms with Crippen LogP contribution >= 0.6 is 0 Å². The van der Waals surface area contributed by atoms with Crippen molar-refractivity contribution in [3.63, 3.8) is 0 Å². The zero-order valence-corrected chi connectivity index (χ0v) is 20.5. The third kappa shape index (κ3) is 4.81. The van der Waals surface area contributed by atoms with Crippen LogP contribution < -0.4 is 23.8 Å². The topological polar surface area (TPSA) is 94.2 Å². The van der Waals surface area contributed by atoms with Crippen LogP contribution in [0.4, 0.5) is 11.4 Å². The lowest BCUT2D eigenvalue weighted by Gasteiger charge is -2.22. The third-order valence-electron chi connectivity index (χ3n) is 5.67. The number of hydrogen-bond acceptors (Lipinski definition) is 6. The monoisotopic (exact) mass is 494 g/mol. The Balaban J connectivity index is 1.68. The number of benzene rings is 3. The molecule has 3 aromatic rings. The maximum absolute atomic E-state index is 13.7. The van der Waals surface area contributed by atoms with Gasteiger partial charge >= 0.3 is 0 Å². The average molecular weight is 495 g/mol. The van der Waals surface area contributed by atoms with E-state index >= 15 is 0 Å². The van der Waals surface area contributed by atoms with Crippen molar-refractivity contribution >= 4 is 33.4 Å². The Hall–Kier alpha value is -3.98. The lowest BCUT2D eigenvalue weighted by atomic mass is 10.2. The molecule has 9 heteroatoms. The second kappa shape index (κ2) is 10.1. The van der Waals surface area contributed by atoms with Crippen LogP contribution in [0.15, 0.2) is 71.6 Å². The van der Waals surface area contributed by atoms with E-state index in [0.29, 0.717) is 35.7 Å². The molecule has 8 nitrogen and oxygen atoms in total. The molecule has 0 atom stereocenters. The minimum Gasteiger partial charge on any atom is -0.495 e. The zero-order chi connectivity index (χ0) is 25.0. The fourth-order valence-corrected chi connectivity index (χ4v) is 5.72. The summed E-state index contributed by atoms with van der Waals surface area (Å²) in [6.45, 7) is 0.328. The van der Waals surface area contributed by atoms with Crippen LogP contribution in [0.3, 0.4) is 0 Å². The molecule has 4 rings (SSSR count). The van der Waals surface area contributed by atoms with Gasteiger partial charge in [-0.05, 0) is 54.0 Å². The molecule has 0 saturated carbocycles. The largest absolute Gasteiger partial charge is 0.495 e. The fraction of sp³-hybridized carbons (Fsp3) is 0.192. The molecule has 0 fully saturated rings. The lowest BCUT2D eigenvalue weighted by molar-refractivity contribution is -0.111. The summed E-state index contributed by atoms with van der Waals surface area (Å²) in [4.78, 5) is 12.5. The van der Waals surface area contributed by atoms with Crippen LogP contribution in [-0.4, -0.2) is 42.2 Å². The highest BCUT2D eigenvalue weighted by atomic mass is 32.2. The van der Waals surface area contributed by atoms with Gasteiger partial charge in [0, 0.05) is 12.6 Å². The quantitative estimate of drug-likeness (QED) is 0.474. The molecule has 0 spiro atoms. The Labute approximate surface area is 204 Å². The molecule has 0 aromatic heterocycles. The molecule has 1 N–H and O–H groups in total. The van der Waals surface area contributed by atoms with Gasteiger partial charge in [0.05, 0.1) is 32.7 Å². The van der Waals surface area contributed by atoms with Gasteiger partial charge in [-0.1, -0.05) is 30.3 Å². The van der Waals surface area contributed by atoms with Crippen molar-refractivity contribution in [3.05, 3.63) is 77.9 Å². The first kappa shape index (κ1) is 24.2. The molecule has 1 aliphatic rings. The summed E-state index contributed by atoms with van der Waals surface area (Å²) in [5.74, 6) is 0.472. The minimum atomic E-state index is -3.97. The zero-order valence-electron chi connectivity index (χ0n) is 19.6. The van der Waals surface area contributed by atoms with Gasteiger partial charge in [-0.2, -0.15) is 0 Å². The number of amides is 1. The number of carbonyl (C=O) groups excluding carboxylic acids is 1. The van der Waals surface area contributed by atoms with E-state index in [1.807, 2.05) is 18.2 Å². The van der Waals surface area contributed by atoms with E-state index in [2.05, 4.69) is 5.32 Å². The van der Waals surface area contributed by atoms with Gasteiger partial charge in [0.2, 0.25) is 5.91 Å². The van der Waals surface area contributed by atoms with E-state index < -0.39 is 15.9 Å². The first-order valence-corrected chi connectivity index (χ1v) is 12.3. The molecule has 1 heterocycles. The summed E-state index contributed by atoms with van der Waals surface area (Å²) in [6, 6.07) is 17.5.